The number of rotatable bonds is 16. The van der Waals surface area contributed by atoms with E-state index in [0.717, 1.165) is 12.8 Å². The standard InChI is InChI=1S/C23H24O4.C21H20O4/c1-3-15-23(16-4-2,17-26-21(24)19-11-7-5-8-12-19)18-27-22(25)20-13-9-6-10-14-20;22-19(17-9-3-1-4-10-17)24-15-21(13-7-8-14-21)16-25-20(23)18-11-5-2-6-12-18/h3-14H,1-2,15-18H2;1-12H,13-16H2. The third-order valence-corrected chi connectivity index (χ3v) is 8.50. The van der Waals surface area contributed by atoms with Crippen molar-refractivity contribution < 1.29 is 38.1 Å². The summed E-state index contributed by atoms with van der Waals surface area (Å²) in [5.41, 5.74) is 1.01. The molecule has 0 bridgehead atoms. The molecule has 0 saturated carbocycles. The molecule has 0 radical (unpaired) electrons. The van der Waals surface area contributed by atoms with Crippen molar-refractivity contribution >= 4 is 23.9 Å². The minimum absolute atomic E-state index is 0.0981. The first kappa shape index (κ1) is 38.8. The van der Waals surface area contributed by atoms with Gasteiger partial charge in [-0.25, -0.2) is 19.2 Å². The van der Waals surface area contributed by atoms with Crippen LogP contribution >= 0.6 is 0 Å². The summed E-state index contributed by atoms with van der Waals surface area (Å²) < 4.78 is 22.0. The number of ether oxygens (including phenoxy) is 4. The number of hydrogen-bond donors (Lipinski definition) is 0. The van der Waals surface area contributed by atoms with Crippen molar-refractivity contribution in [2.45, 2.75) is 25.7 Å². The Balaban J connectivity index is 0.000000233. The van der Waals surface area contributed by atoms with E-state index in [1.165, 1.54) is 0 Å². The Bertz CT molecular complexity index is 1650. The highest BCUT2D eigenvalue weighted by molar-refractivity contribution is 5.90. The lowest BCUT2D eigenvalue weighted by molar-refractivity contribution is -0.00420. The van der Waals surface area contributed by atoms with Gasteiger partial charge in [0.25, 0.3) is 0 Å². The first-order valence-corrected chi connectivity index (χ1v) is 17.0. The number of carbonyl (C=O) groups excluding carboxylic acids is 4. The van der Waals surface area contributed by atoms with Gasteiger partial charge < -0.3 is 18.9 Å². The Morgan fingerprint density at radius 3 is 1.08 bits per heavy atom. The average molecular weight is 701 g/mol. The van der Waals surface area contributed by atoms with Crippen LogP contribution in [0.15, 0.2) is 159 Å². The zero-order valence-electron chi connectivity index (χ0n) is 29.2. The summed E-state index contributed by atoms with van der Waals surface area (Å²) in [4.78, 5) is 48.9. The van der Waals surface area contributed by atoms with Gasteiger partial charge in [0.15, 0.2) is 0 Å². The molecule has 52 heavy (non-hydrogen) atoms. The highest BCUT2D eigenvalue weighted by Crippen LogP contribution is 2.34. The summed E-state index contributed by atoms with van der Waals surface area (Å²) in [6, 6.07) is 35.3. The van der Waals surface area contributed by atoms with Gasteiger partial charge in [0.2, 0.25) is 0 Å². The van der Waals surface area contributed by atoms with Crippen LogP contribution in [-0.4, -0.2) is 50.3 Å². The van der Waals surface area contributed by atoms with E-state index >= 15 is 0 Å². The summed E-state index contributed by atoms with van der Waals surface area (Å²) >= 11 is 0. The van der Waals surface area contributed by atoms with E-state index in [2.05, 4.69) is 13.2 Å². The van der Waals surface area contributed by atoms with Crippen molar-refractivity contribution in [3.8, 4) is 0 Å². The van der Waals surface area contributed by atoms with Gasteiger partial charge in [-0.1, -0.05) is 97.1 Å². The molecular formula is C44H44O8. The molecule has 8 heteroatoms. The monoisotopic (exact) mass is 700 g/mol. The Morgan fingerprint density at radius 2 is 0.788 bits per heavy atom. The lowest BCUT2D eigenvalue weighted by Gasteiger charge is -2.30. The van der Waals surface area contributed by atoms with Gasteiger partial charge in [-0.05, 0) is 74.2 Å². The molecule has 0 aromatic heterocycles. The van der Waals surface area contributed by atoms with Crippen LogP contribution in [0.25, 0.3) is 0 Å². The molecule has 0 atom stereocenters. The van der Waals surface area contributed by atoms with Gasteiger partial charge >= 0.3 is 23.9 Å². The molecule has 0 saturated heterocycles. The molecule has 0 spiro atoms. The van der Waals surface area contributed by atoms with Crippen molar-refractivity contribution in [2.75, 3.05) is 26.4 Å². The van der Waals surface area contributed by atoms with Gasteiger partial charge in [0.05, 0.1) is 22.3 Å². The second-order valence-corrected chi connectivity index (χ2v) is 12.6. The van der Waals surface area contributed by atoms with Crippen LogP contribution in [0.5, 0.6) is 0 Å². The molecule has 1 aliphatic carbocycles. The number of allylic oxidation sites excluding steroid dienone is 4. The van der Waals surface area contributed by atoms with E-state index < -0.39 is 17.4 Å². The molecule has 0 fully saturated rings. The van der Waals surface area contributed by atoms with E-state index in [1.54, 1.807) is 109 Å². The van der Waals surface area contributed by atoms with Crippen molar-refractivity contribution in [1.29, 1.82) is 0 Å². The summed E-state index contributed by atoms with van der Waals surface area (Å²) in [6.45, 7) is 8.20. The molecule has 8 nitrogen and oxygen atoms in total. The molecule has 268 valence electrons. The normalized spacial score (nSPS) is 12.7. The maximum absolute atomic E-state index is 12.3. The van der Waals surface area contributed by atoms with Crippen molar-refractivity contribution in [2.24, 2.45) is 10.8 Å². The van der Waals surface area contributed by atoms with E-state index in [4.69, 9.17) is 18.9 Å². The fraction of sp³-hybridized carbons (Fsp3) is 0.227. The van der Waals surface area contributed by atoms with Crippen LogP contribution in [0.2, 0.25) is 0 Å². The fourth-order valence-corrected chi connectivity index (χ4v) is 5.51. The predicted molar refractivity (Wildman–Crippen MR) is 200 cm³/mol. The lowest BCUT2D eigenvalue weighted by Crippen LogP contribution is -2.34. The molecular weight excluding hydrogens is 656 g/mol. The minimum Gasteiger partial charge on any atom is -0.461 e. The van der Waals surface area contributed by atoms with E-state index in [1.807, 2.05) is 36.4 Å². The zero-order valence-corrected chi connectivity index (χ0v) is 29.2. The van der Waals surface area contributed by atoms with Crippen molar-refractivity contribution in [3.05, 3.63) is 181 Å². The maximum atomic E-state index is 12.3. The van der Waals surface area contributed by atoms with E-state index in [0.29, 0.717) is 35.1 Å². The molecule has 0 unspecified atom stereocenters. The van der Waals surface area contributed by atoms with Gasteiger partial charge in [-0.2, -0.15) is 0 Å². The predicted octanol–water partition coefficient (Wildman–Crippen LogP) is 8.88. The molecule has 0 aliphatic heterocycles. The number of benzene rings is 4. The highest BCUT2D eigenvalue weighted by Gasteiger charge is 2.35. The quantitative estimate of drug-likeness (QED) is 0.0649. The highest BCUT2D eigenvalue weighted by atomic mass is 16.6. The zero-order chi connectivity index (χ0) is 37.1. The van der Waals surface area contributed by atoms with E-state index in [9.17, 15) is 19.2 Å². The average Bonchev–Trinajstić information content (AvgIpc) is 3.68. The Labute approximate surface area is 305 Å². The smallest absolute Gasteiger partial charge is 0.338 e. The number of hydrogen-bond acceptors (Lipinski definition) is 8. The molecule has 0 amide bonds. The number of esters is 4. The third-order valence-electron chi connectivity index (χ3n) is 8.50. The second kappa shape index (κ2) is 20.0. The summed E-state index contributed by atoms with van der Waals surface area (Å²) in [7, 11) is 0. The molecule has 5 rings (SSSR count). The van der Waals surface area contributed by atoms with Crippen molar-refractivity contribution in [3.63, 3.8) is 0 Å². The molecule has 0 heterocycles. The molecule has 0 N–H and O–H groups in total. The van der Waals surface area contributed by atoms with Gasteiger partial charge in [0.1, 0.15) is 26.4 Å². The van der Waals surface area contributed by atoms with Crippen LogP contribution in [0, 0.1) is 10.8 Å². The van der Waals surface area contributed by atoms with Gasteiger partial charge in [0, 0.05) is 10.8 Å². The summed E-state index contributed by atoms with van der Waals surface area (Å²) in [5.74, 6) is -1.55. The SMILES string of the molecule is C=CCC(CC=C)(COC(=O)c1ccccc1)COC(=O)c1ccccc1.O=C(OCC1(COC(=O)c2ccccc2)CC=CC1)c1ccccc1. The summed E-state index contributed by atoms with van der Waals surface area (Å²) in [5, 5.41) is 0. The van der Waals surface area contributed by atoms with Crippen LogP contribution in [0.1, 0.15) is 67.1 Å². The Hall–Kier alpha value is -6.02. The molecule has 4 aromatic carbocycles. The largest absolute Gasteiger partial charge is 0.461 e. The first-order valence-electron chi connectivity index (χ1n) is 17.0. The lowest BCUT2D eigenvalue weighted by atomic mass is 9.82. The van der Waals surface area contributed by atoms with Crippen molar-refractivity contribution in [1.82, 2.24) is 0 Å². The Morgan fingerprint density at radius 1 is 0.500 bits per heavy atom. The van der Waals surface area contributed by atoms with Gasteiger partial charge in [-0.3, -0.25) is 0 Å². The first-order chi connectivity index (χ1) is 25.3. The topological polar surface area (TPSA) is 105 Å². The second-order valence-electron chi connectivity index (χ2n) is 12.6. The maximum Gasteiger partial charge on any atom is 0.338 e. The van der Waals surface area contributed by atoms with Crippen LogP contribution in [0.3, 0.4) is 0 Å². The van der Waals surface area contributed by atoms with E-state index in [-0.39, 0.29) is 43.8 Å². The Kier molecular flexibility index (Phi) is 14.9. The van der Waals surface area contributed by atoms with Crippen LogP contribution < -0.4 is 0 Å². The van der Waals surface area contributed by atoms with Crippen LogP contribution in [-0.2, 0) is 18.9 Å². The van der Waals surface area contributed by atoms with Crippen LogP contribution in [0.4, 0.5) is 0 Å². The molecule has 1 aliphatic rings. The minimum atomic E-state index is -0.599. The molecule has 4 aromatic rings. The fourth-order valence-electron chi connectivity index (χ4n) is 5.51. The summed E-state index contributed by atoms with van der Waals surface area (Å²) in [6.07, 6.45) is 10.0. The number of carbonyl (C=O) groups is 4. The third kappa shape index (κ3) is 11.8. The van der Waals surface area contributed by atoms with Gasteiger partial charge in [-0.15, -0.1) is 13.2 Å².